The molecule has 188 valence electrons. The molecule has 0 saturated heterocycles. The third kappa shape index (κ3) is 9.51. The van der Waals surface area contributed by atoms with Crippen molar-refractivity contribution in [1.82, 2.24) is 5.32 Å². The molecule has 1 amide bonds. The van der Waals surface area contributed by atoms with Gasteiger partial charge in [-0.3, -0.25) is 9.59 Å². The third-order valence-electron chi connectivity index (χ3n) is 5.96. The van der Waals surface area contributed by atoms with E-state index in [2.05, 4.69) is 5.32 Å². The quantitative estimate of drug-likeness (QED) is 0.287. The van der Waals surface area contributed by atoms with E-state index in [9.17, 15) is 14.4 Å². The first-order valence-electron chi connectivity index (χ1n) is 11.7. The standard InChI is InChI=1S/C27H40N2O5/c1-7-18(2)11-10-12-19(3)14-15-21-20(4)24(30)23(17-27(21,5)6)34-26(33)29-16-9-8-13-22(28)25(31)32/h7,10-12,14-15,22-23H,8-9,13,16-17,28H2,1-6H3,(H,29,33)(H,31,32)/b11-10+,15-14+,18-7+,19-12+. The molecule has 0 aromatic heterocycles. The van der Waals surface area contributed by atoms with Gasteiger partial charge in [0.05, 0.1) is 0 Å². The summed E-state index contributed by atoms with van der Waals surface area (Å²) in [6, 6.07) is -0.898. The van der Waals surface area contributed by atoms with Crippen LogP contribution in [0.4, 0.5) is 4.79 Å². The van der Waals surface area contributed by atoms with Gasteiger partial charge < -0.3 is 20.9 Å². The molecule has 0 aromatic carbocycles. The molecule has 7 nitrogen and oxygen atoms in total. The number of allylic oxidation sites excluding steroid dienone is 9. The number of rotatable bonds is 11. The van der Waals surface area contributed by atoms with E-state index >= 15 is 0 Å². The summed E-state index contributed by atoms with van der Waals surface area (Å²) in [5.74, 6) is -1.22. The van der Waals surface area contributed by atoms with Crippen LogP contribution in [-0.4, -0.2) is 41.6 Å². The van der Waals surface area contributed by atoms with Crippen LogP contribution >= 0.6 is 0 Å². The lowest BCUT2D eigenvalue weighted by atomic mass is 9.71. The van der Waals surface area contributed by atoms with Gasteiger partial charge in [0.15, 0.2) is 11.9 Å². The van der Waals surface area contributed by atoms with Crippen molar-refractivity contribution in [3.05, 3.63) is 58.7 Å². The van der Waals surface area contributed by atoms with E-state index in [0.29, 0.717) is 37.8 Å². The molecule has 0 radical (unpaired) electrons. The first-order valence-corrected chi connectivity index (χ1v) is 11.7. The molecule has 0 fully saturated rings. The monoisotopic (exact) mass is 472 g/mol. The lowest BCUT2D eigenvalue weighted by Gasteiger charge is -2.36. The van der Waals surface area contributed by atoms with Gasteiger partial charge in [-0.05, 0) is 63.5 Å². The zero-order chi connectivity index (χ0) is 25.9. The Morgan fingerprint density at radius 2 is 1.91 bits per heavy atom. The molecule has 1 rings (SSSR count). The van der Waals surface area contributed by atoms with E-state index in [1.54, 1.807) is 6.92 Å². The van der Waals surface area contributed by atoms with Crippen LogP contribution in [0.2, 0.25) is 0 Å². The molecule has 0 aliphatic heterocycles. The minimum Gasteiger partial charge on any atom is -0.480 e. The van der Waals surface area contributed by atoms with E-state index < -0.39 is 24.2 Å². The molecule has 0 aromatic rings. The van der Waals surface area contributed by atoms with E-state index in [4.69, 9.17) is 15.6 Å². The SMILES string of the molecule is C/C=C(C)/C=C/C=C(C)/C=C/C1=C(C)C(=O)C(OC(=O)NCCCCC(N)C(=O)O)CC1(C)C. The molecule has 34 heavy (non-hydrogen) atoms. The Labute approximate surface area is 203 Å². The Bertz CT molecular complexity index is 906. The molecule has 0 spiro atoms. The Balaban J connectivity index is 2.72. The van der Waals surface area contributed by atoms with Crippen LogP contribution in [0.5, 0.6) is 0 Å². The molecular weight excluding hydrogens is 432 g/mol. The van der Waals surface area contributed by atoms with Crippen LogP contribution in [0.3, 0.4) is 0 Å². The summed E-state index contributed by atoms with van der Waals surface area (Å²) in [5.41, 5.74) is 8.89. The number of hydrogen-bond donors (Lipinski definition) is 3. The number of carbonyl (C=O) groups is 3. The van der Waals surface area contributed by atoms with Crippen molar-refractivity contribution in [2.24, 2.45) is 11.1 Å². The summed E-state index contributed by atoms with van der Waals surface area (Å²) < 4.78 is 5.43. The molecule has 0 heterocycles. The van der Waals surface area contributed by atoms with Gasteiger partial charge in [0.2, 0.25) is 0 Å². The Hall–Kier alpha value is -2.93. The fourth-order valence-corrected chi connectivity index (χ4v) is 3.69. The van der Waals surface area contributed by atoms with Crippen LogP contribution in [0, 0.1) is 5.41 Å². The van der Waals surface area contributed by atoms with Gasteiger partial charge in [-0.1, -0.05) is 61.4 Å². The van der Waals surface area contributed by atoms with Crippen molar-refractivity contribution in [3.8, 4) is 0 Å². The van der Waals surface area contributed by atoms with Crippen LogP contribution in [0.25, 0.3) is 0 Å². The lowest BCUT2D eigenvalue weighted by molar-refractivity contribution is -0.138. The van der Waals surface area contributed by atoms with E-state index in [1.807, 2.05) is 71.1 Å². The summed E-state index contributed by atoms with van der Waals surface area (Å²) in [6.45, 7) is 12.2. The van der Waals surface area contributed by atoms with E-state index in [0.717, 1.165) is 11.1 Å². The maximum atomic E-state index is 12.9. The van der Waals surface area contributed by atoms with Gasteiger partial charge in [-0.2, -0.15) is 0 Å². The second-order valence-electron chi connectivity index (χ2n) is 9.39. The summed E-state index contributed by atoms with van der Waals surface area (Å²) in [4.78, 5) is 35.8. The number of nitrogens with two attached hydrogens (primary N) is 1. The number of nitrogens with one attached hydrogen (secondary N) is 1. The number of ketones is 1. The van der Waals surface area contributed by atoms with Gasteiger partial charge in [0.1, 0.15) is 6.04 Å². The van der Waals surface area contributed by atoms with Gasteiger partial charge in [0, 0.05) is 13.0 Å². The summed E-state index contributed by atoms with van der Waals surface area (Å²) in [6.07, 6.45) is 12.4. The van der Waals surface area contributed by atoms with Gasteiger partial charge in [0.25, 0.3) is 0 Å². The predicted octanol–water partition coefficient (Wildman–Crippen LogP) is 5.00. The fraction of sp³-hybridized carbons (Fsp3) is 0.519. The van der Waals surface area contributed by atoms with Crippen molar-refractivity contribution < 1.29 is 24.2 Å². The highest BCUT2D eigenvalue weighted by atomic mass is 16.6. The average molecular weight is 473 g/mol. The highest BCUT2D eigenvalue weighted by Gasteiger charge is 2.39. The van der Waals surface area contributed by atoms with Crippen molar-refractivity contribution >= 4 is 17.8 Å². The number of aliphatic carboxylic acids is 1. The van der Waals surface area contributed by atoms with Crippen molar-refractivity contribution in [2.75, 3.05) is 6.54 Å². The second-order valence-corrected chi connectivity index (χ2v) is 9.39. The maximum Gasteiger partial charge on any atom is 0.407 e. The normalized spacial score (nSPS) is 20.2. The summed E-state index contributed by atoms with van der Waals surface area (Å²) in [5, 5.41) is 11.4. The molecule has 1 aliphatic carbocycles. The number of ether oxygens (including phenoxy) is 1. The Morgan fingerprint density at radius 3 is 2.53 bits per heavy atom. The first kappa shape index (κ1) is 29.1. The topological polar surface area (TPSA) is 119 Å². The number of carbonyl (C=O) groups excluding carboxylic acids is 2. The molecule has 0 saturated carbocycles. The van der Waals surface area contributed by atoms with Crippen LogP contribution in [-0.2, 0) is 14.3 Å². The molecule has 0 bridgehead atoms. The molecule has 2 unspecified atom stereocenters. The van der Waals surface area contributed by atoms with E-state index in [1.165, 1.54) is 5.57 Å². The number of carboxylic acids is 1. The first-order chi connectivity index (χ1) is 15.9. The maximum absolute atomic E-state index is 12.9. The average Bonchev–Trinajstić information content (AvgIpc) is 2.76. The highest BCUT2D eigenvalue weighted by molar-refractivity contribution is 6.01. The van der Waals surface area contributed by atoms with Crippen LogP contribution < -0.4 is 11.1 Å². The van der Waals surface area contributed by atoms with Crippen molar-refractivity contribution in [1.29, 1.82) is 0 Å². The van der Waals surface area contributed by atoms with Crippen LogP contribution in [0.1, 0.15) is 67.2 Å². The smallest absolute Gasteiger partial charge is 0.407 e. The van der Waals surface area contributed by atoms with Crippen molar-refractivity contribution in [3.63, 3.8) is 0 Å². The second kappa shape index (κ2) is 13.7. The lowest BCUT2D eigenvalue weighted by Crippen LogP contribution is -2.41. The number of Topliss-reactive ketones (excluding diaryl/α,β-unsaturated/α-hetero) is 1. The minimum atomic E-state index is -1.04. The minimum absolute atomic E-state index is 0.188. The number of alkyl carbamates (subject to hydrolysis) is 1. The molecule has 7 heteroatoms. The zero-order valence-corrected chi connectivity index (χ0v) is 21.3. The number of hydrogen-bond acceptors (Lipinski definition) is 5. The number of unbranched alkanes of at least 4 members (excludes halogenated alkanes) is 1. The van der Waals surface area contributed by atoms with Gasteiger partial charge in [-0.15, -0.1) is 0 Å². The molecular formula is C27H40N2O5. The number of carboxylic acid groups (broad SMARTS) is 1. The fourth-order valence-electron chi connectivity index (χ4n) is 3.69. The summed E-state index contributed by atoms with van der Waals surface area (Å²) >= 11 is 0. The third-order valence-corrected chi connectivity index (χ3v) is 5.96. The van der Waals surface area contributed by atoms with Gasteiger partial charge in [-0.25, -0.2) is 4.79 Å². The van der Waals surface area contributed by atoms with Gasteiger partial charge >= 0.3 is 12.1 Å². The molecule has 1 aliphatic rings. The Morgan fingerprint density at radius 1 is 1.24 bits per heavy atom. The highest BCUT2D eigenvalue weighted by Crippen LogP contribution is 2.40. The van der Waals surface area contributed by atoms with E-state index in [-0.39, 0.29) is 11.2 Å². The zero-order valence-electron chi connectivity index (χ0n) is 21.3. The largest absolute Gasteiger partial charge is 0.480 e. The predicted molar refractivity (Wildman–Crippen MR) is 135 cm³/mol. The van der Waals surface area contributed by atoms with Crippen LogP contribution in [0.15, 0.2) is 58.7 Å². The molecule has 4 N–H and O–H groups in total. The Kier molecular flexibility index (Phi) is 11.7. The molecule has 2 atom stereocenters. The number of amides is 1. The summed E-state index contributed by atoms with van der Waals surface area (Å²) in [7, 11) is 0. The van der Waals surface area contributed by atoms with Crippen molar-refractivity contribution in [2.45, 2.75) is 79.4 Å².